The second-order valence-corrected chi connectivity index (χ2v) is 7.52. The molecule has 0 bridgehead atoms. The van der Waals surface area contributed by atoms with Gasteiger partial charge in [-0.3, -0.25) is 0 Å². The third-order valence-electron chi connectivity index (χ3n) is 3.61. The molecule has 140 valence electrons. The standard InChI is InChI=1S/C16H39NO4Si2/c1-5-18-15(19-6-2)13(9-11-22)17-14(10-12-23)16(20-7-3)21-8-4/h13-17H,5-12H2,1-4,22-23H3. The molecule has 0 heterocycles. The molecule has 5 nitrogen and oxygen atoms in total. The predicted molar refractivity (Wildman–Crippen MR) is 104 cm³/mol. The van der Waals surface area contributed by atoms with Crippen LogP contribution in [0.2, 0.25) is 12.1 Å². The zero-order valence-corrected chi connectivity index (χ0v) is 20.1. The van der Waals surface area contributed by atoms with Gasteiger partial charge in [0, 0.05) is 46.9 Å². The molecular weight excluding hydrogens is 326 g/mol. The van der Waals surface area contributed by atoms with Crippen LogP contribution in [-0.4, -0.2) is 71.6 Å². The summed E-state index contributed by atoms with van der Waals surface area (Å²) in [5.41, 5.74) is 0. The lowest BCUT2D eigenvalue weighted by Crippen LogP contribution is -2.53. The van der Waals surface area contributed by atoms with E-state index in [2.05, 4.69) is 5.32 Å². The Kier molecular flexibility index (Phi) is 15.9. The minimum absolute atomic E-state index is 0.189. The summed E-state index contributed by atoms with van der Waals surface area (Å²) in [5.74, 6) is 0. The maximum absolute atomic E-state index is 5.83. The molecule has 0 amide bonds. The van der Waals surface area contributed by atoms with E-state index in [0.717, 1.165) is 12.8 Å². The molecule has 1 N–H and O–H groups in total. The highest BCUT2D eigenvalue weighted by molar-refractivity contribution is 6.08. The van der Waals surface area contributed by atoms with Gasteiger partial charge < -0.3 is 24.3 Å². The molecule has 0 rings (SSSR count). The van der Waals surface area contributed by atoms with E-state index in [1.165, 1.54) is 32.6 Å². The smallest absolute Gasteiger partial charge is 0.172 e. The molecule has 0 saturated heterocycles. The molecule has 0 aromatic rings. The van der Waals surface area contributed by atoms with Gasteiger partial charge in [0.2, 0.25) is 0 Å². The largest absolute Gasteiger partial charge is 0.351 e. The SMILES string of the molecule is CCOC(OCC)C(CC[SiH3])NC(CC[SiH3])C(OCC)OCC. The molecule has 7 heteroatoms. The Morgan fingerprint density at radius 3 is 1.17 bits per heavy atom. The van der Waals surface area contributed by atoms with Gasteiger partial charge in [-0.25, -0.2) is 0 Å². The Hall–Kier alpha value is 0.234. The summed E-state index contributed by atoms with van der Waals surface area (Å²) in [7, 11) is 2.37. The van der Waals surface area contributed by atoms with E-state index in [1.54, 1.807) is 0 Å². The van der Waals surface area contributed by atoms with Crippen molar-refractivity contribution in [2.75, 3.05) is 26.4 Å². The summed E-state index contributed by atoms with van der Waals surface area (Å²) in [5, 5.41) is 3.74. The fourth-order valence-electron chi connectivity index (χ4n) is 2.71. The number of nitrogens with one attached hydrogen (secondary N) is 1. The molecule has 2 unspecified atom stereocenters. The summed E-state index contributed by atoms with van der Waals surface area (Å²) in [6, 6.07) is 2.81. The van der Waals surface area contributed by atoms with E-state index in [0.29, 0.717) is 26.4 Å². The van der Waals surface area contributed by atoms with E-state index in [1.807, 2.05) is 27.7 Å². The first-order chi connectivity index (χ1) is 11.2. The second kappa shape index (κ2) is 15.7. The van der Waals surface area contributed by atoms with Gasteiger partial charge in [-0.05, 0) is 40.5 Å². The Labute approximate surface area is 149 Å². The van der Waals surface area contributed by atoms with Crippen LogP contribution in [0.25, 0.3) is 0 Å². The van der Waals surface area contributed by atoms with E-state index >= 15 is 0 Å². The summed E-state index contributed by atoms with van der Waals surface area (Å²) in [4.78, 5) is 0. The molecule has 0 aliphatic heterocycles. The van der Waals surface area contributed by atoms with E-state index in [9.17, 15) is 0 Å². The molecule has 0 aromatic carbocycles. The zero-order chi connectivity index (χ0) is 17.5. The molecule has 0 saturated carbocycles. The predicted octanol–water partition coefficient (Wildman–Crippen LogP) is 0.459. The highest BCUT2D eigenvalue weighted by Gasteiger charge is 2.29. The summed E-state index contributed by atoms with van der Waals surface area (Å²) < 4.78 is 23.3. The van der Waals surface area contributed by atoms with Crippen molar-refractivity contribution in [1.82, 2.24) is 5.32 Å². The highest BCUT2D eigenvalue weighted by atomic mass is 28.1. The van der Waals surface area contributed by atoms with Crippen LogP contribution in [0.5, 0.6) is 0 Å². The van der Waals surface area contributed by atoms with Crippen molar-refractivity contribution in [1.29, 1.82) is 0 Å². The first-order valence-corrected chi connectivity index (χ1v) is 12.2. The van der Waals surface area contributed by atoms with Gasteiger partial charge in [0.05, 0.1) is 12.1 Å². The second-order valence-electron chi connectivity index (χ2n) is 5.52. The normalized spacial score (nSPS) is 14.9. The van der Waals surface area contributed by atoms with Crippen LogP contribution in [0, 0.1) is 0 Å². The number of hydrogen-bond acceptors (Lipinski definition) is 5. The molecule has 0 radical (unpaired) electrons. The van der Waals surface area contributed by atoms with E-state index in [4.69, 9.17) is 18.9 Å². The van der Waals surface area contributed by atoms with Gasteiger partial charge in [-0.15, -0.1) is 0 Å². The molecule has 0 aromatic heterocycles. The van der Waals surface area contributed by atoms with Gasteiger partial charge in [0.1, 0.15) is 0 Å². The van der Waals surface area contributed by atoms with Crippen LogP contribution in [0.1, 0.15) is 40.5 Å². The first kappa shape index (κ1) is 23.2. The number of rotatable bonds is 16. The van der Waals surface area contributed by atoms with Gasteiger partial charge >= 0.3 is 0 Å². The molecule has 0 aliphatic carbocycles. The maximum Gasteiger partial charge on any atom is 0.172 e. The molecule has 0 fully saturated rings. The average molecular weight is 366 g/mol. The van der Waals surface area contributed by atoms with Crippen molar-refractivity contribution in [2.45, 2.75) is 77.3 Å². The summed E-state index contributed by atoms with van der Waals surface area (Å²) in [6.07, 6.45) is 1.75. The minimum atomic E-state index is -0.195. The topological polar surface area (TPSA) is 49.0 Å². The van der Waals surface area contributed by atoms with Gasteiger partial charge in [-0.2, -0.15) is 0 Å². The lowest BCUT2D eigenvalue weighted by molar-refractivity contribution is -0.177. The number of hydrogen-bond donors (Lipinski definition) is 1. The van der Waals surface area contributed by atoms with Crippen molar-refractivity contribution in [3.8, 4) is 0 Å². The third-order valence-corrected chi connectivity index (χ3v) is 4.76. The van der Waals surface area contributed by atoms with Crippen molar-refractivity contribution in [2.24, 2.45) is 0 Å². The number of ether oxygens (including phenoxy) is 4. The Balaban J connectivity index is 5.01. The molecular formula is C16H39NO4Si2. The van der Waals surface area contributed by atoms with Crippen molar-refractivity contribution in [3.63, 3.8) is 0 Å². The van der Waals surface area contributed by atoms with Gasteiger partial charge in [0.15, 0.2) is 12.6 Å². The van der Waals surface area contributed by atoms with Crippen LogP contribution in [0.4, 0.5) is 0 Å². The third kappa shape index (κ3) is 9.96. The Morgan fingerprint density at radius 2 is 0.957 bits per heavy atom. The van der Waals surface area contributed by atoms with Crippen LogP contribution in [0.15, 0.2) is 0 Å². The summed E-state index contributed by atoms with van der Waals surface area (Å²) in [6.45, 7) is 10.7. The maximum atomic E-state index is 5.83. The quantitative estimate of drug-likeness (QED) is 0.318. The summed E-state index contributed by atoms with van der Waals surface area (Å²) >= 11 is 0. The van der Waals surface area contributed by atoms with Crippen LogP contribution in [-0.2, 0) is 18.9 Å². The molecule has 23 heavy (non-hydrogen) atoms. The van der Waals surface area contributed by atoms with Crippen LogP contribution < -0.4 is 5.32 Å². The van der Waals surface area contributed by atoms with Crippen LogP contribution in [0.3, 0.4) is 0 Å². The van der Waals surface area contributed by atoms with Gasteiger partial charge in [-0.1, -0.05) is 12.1 Å². The highest BCUT2D eigenvalue weighted by Crippen LogP contribution is 2.15. The Bertz CT molecular complexity index is 226. The Morgan fingerprint density at radius 1 is 0.652 bits per heavy atom. The molecule has 2 atom stereocenters. The average Bonchev–Trinajstić information content (AvgIpc) is 2.53. The van der Waals surface area contributed by atoms with E-state index in [-0.39, 0.29) is 24.7 Å². The lowest BCUT2D eigenvalue weighted by atomic mass is 10.1. The lowest BCUT2D eigenvalue weighted by Gasteiger charge is -2.34. The monoisotopic (exact) mass is 365 g/mol. The van der Waals surface area contributed by atoms with Gasteiger partial charge in [0.25, 0.3) is 0 Å². The molecule has 0 aliphatic rings. The minimum Gasteiger partial charge on any atom is -0.351 e. The first-order valence-electron chi connectivity index (χ1n) is 9.40. The molecule has 0 spiro atoms. The van der Waals surface area contributed by atoms with Crippen LogP contribution >= 0.6 is 0 Å². The van der Waals surface area contributed by atoms with Crippen molar-refractivity contribution in [3.05, 3.63) is 0 Å². The fraction of sp³-hybridized carbons (Fsp3) is 1.00. The van der Waals surface area contributed by atoms with E-state index < -0.39 is 0 Å². The fourth-order valence-corrected chi connectivity index (χ4v) is 3.95. The van der Waals surface area contributed by atoms with Crippen molar-refractivity contribution >= 4 is 20.5 Å². The van der Waals surface area contributed by atoms with Crippen molar-refractivity contribution < 1.29 is 18.9 Å². The zero-order valence-electron chi connectivity index (χ0n) is 16.1.